The predicted molar refractivity (Wildman–Crippen MR) is 109 cm³/mol. The molecule has 2 amide bonds. The lowest BCUT2D eigenvalue weighted by Crippen LogP contribution is -2.25. The highest BCUT2D eigenvalue weighted by Gasteiger charge is 2.15. The molecule has 2 rings (SSSR count). The Morgan fingerprint density at radius 1 is 1.07 bits per heavy atom. The van der Waals surface area contributed by atoms with Gasteiger partial charge in [-0.1, -0.05) is 51.8 Å². The minimum atomic E-state index is -0.265. The zero-order valence-corrected chi connectivity index (χ0v) is 16.6. The number of anilines is 1. The van der Waals surface area contributed by atoms with Crippen LogP contribution in [0.5, 0.6) is 0 Å². The van der Waals surface area contributed by atoms with Crippen molar-refractivity contribution in [2.45, 2.75) is 52.9 Å². The summed E-state index contributed by atoms with van der Waals surface area (Å²) in [6, 6.07) is 7.57. The molecular weight excluding hydrogens is 338 g/mol. The number of amides is 2. The third-order valence-electron chi connectivity index (χ3n) is 4.49. The first kappa shape index (κ1) is 20.6. The number of hydrogen-bond acceptors (Lipinski definition) is 3. The van der Waals surface area contributed by atoms with Crippen molar-refractivity contribution in [2.75, 3.05) is 11.9 Å². The number of unbranched alkanes of at least 4 members (excludes halogenated alkanes) is 2. The van der Waals surface area contributed by atoms with E-state index in [1.54, 1.807) is 6.07 Å². The van der Waals surface area contributed by atoms with Gasteiger partial charge in [0.2, 0.25) is 0 Å². The number of para-hydroxylation sites is 1. The first-order valence-corrected chi connectivity index (χ1v) is 9.58. The zero-order chi connectivity index (χ0) is 19.8. The molecule has 0 aliphatic rings. The van der Waals surface area contributed by atoms with Gasteiger partial charge in [-0.05, 0) is 36.5 Å². The number of nitrogens with one attached hydrogen (secondary N) is 2. The van der Waals surface area contributed by atoms with E-state index in [9.17, 15) is 9.59 Å². The largest absolute Gasteiger partial charge is 0.352 e. The topological polar surface area (TPSA) is 71.1 Å². The number of carbonyl (C=O) groups excluding carboxylic acids is 2. The first-order chi connectivity index (χ1) is 12.9. The fourth-order valence-electron chi connectivity index (χ4n) is 2.90. The molecule has 0 unspecified atom stereocenters. The summed E-state index contributed by atoms with van der Waals surface area (Å²) in [6.45, 7) is 8.90. The van der Waals surface area contributed by atoms with Gasteiger partial charge in [0.1, 0.15) is 0 Å². The standard InChI is InChI=1S/C22H29N3O2/c1-5-6-7-11-24-21(26)17-12-18(14-23-13-17)22(27)25-20-16(4)9-8-10-19(20)15(2)3/h8-10,12-15H,5-7,11H2,1-4H3,(H,24,26)(H,25,27). The molecule has 5 nitrogen and oxygen atoms in total. The fourth-order valence-corrected chi connectivity index (χ4v) is 2.90. The molecule has 0 saturated carbocycles. The van der Waals surface area contributed by atoms with Gasteiger partial charge < -0.3 is 10.6 Å². The van der Waals surface area contributed by atoms with E-state index in [0.29, 0.717) is 23.6 Å². The van der Waals surface area contributed by atoms with Crippen LogP contribution < -0.4 is 10.6 Å². The van der Waals surface area contributed by atoms with E-state index in [1.807, 2.05) is 25.1 Å². The molecule has 0 bridgehead atoms. The lowest BCUT2D eigenvalue weighted by molar-refractivity contribution is 0.0952. The summed E-state index contributed by atoms with van der Waals surface area (Å²) in [5.41, 5.74) is 3.68. The van der Waals surface area contributed by atoms with E-state index in [1.165, 1.54) is 12.4 Å². The summed E-state index contributed by atoms with van der Waals surface area (Å²) >= 11 is 0. The Morgan fingerprint density at radius 3 is 2.44 bits per heavy atom. The maximum atomic E-state index is 12.7. The Kier molecular flexibility index (Phi) is 7.53. The van der Waals surface area contributed by atoms with E-state index in [0.717, 1.165) is 36.1 Å². The van der Waals surface area contributed by atoms with E-state index < -0.39 is 0 Å². The molecule has 2 N–H and O–H groups in total. The van der Waals surface area contributed by atoms with Crippen LogP contribution in [0.2, 0.25) is 0 Å². The highest BCUT2D eigenvalue weighted by Crippen LogP contribution is 2.27. The summed E-state index contributed by atoms with van der Waals surface area (Å²) in [4.78, 5) is 29.1. The van der Waals surface area contributed by atoms with Gasteiger partial charge in [-0.3, -0.25) is 14.6 Å². The average molecular weight is 367 g/mol. The third kappa shape index (κ3) is 5.64. The van der Waals surface area contributed by atoms with Crippen molar-refractivity contribution in [1.82, 2.24) is 10.3 Å². The number of aromatic nitrogens is 1. The van der Waals surface area contributed by atoms with E-state index >= 15 is 0 Å². The molecule has 1 aromatic heterocycles. The Balaban J connectivity index is 2.13. The molecule has 1 aromatic carbocycles. The number of carbonyl (C=O) groups is 2. The van der Waals surface area contributed by atoms with Crippen LogP contribution in [0.15, 0.2) is 36.7 Å². The molecule has 27 heavy (non-hydrogen) atoms. The molecular formula is C22H29N3O2. The SMILES string of the molecule is CCCCCNC(=O)c1cncc(C(=O)Nc2c(C)cccc2C(C)C)c1. The summed E-state index contributed by atoms with van der Waals surface area (Å²) in [6.07, 6.45) is 6.09. The van der Waals surface area contributed by atoms with Gasteiger partial charge in [0, 0.05) is 24.6 Å². The number of pyridine rings is 1. The quantitative estimate of drug-likeness (QED) is 0.665. The predicted octanol–water partition coefficient (Wildman–Crippen LogP) is 4.69. The normalized spacial score (nSPS) is 10.7. The van der Waals surface area contributed by atoms with Crippen LogP contribution >= 0.6 is 0 Å². The Labute approximate surface area is 161 Å². The lowest BCUT2D eigenvalue weighted by Gasteiger charge is -2.16. The summed E-state index contributed by atoms with van der Waals surface area (Å²) in [7, 11) is 0. The van der Waals surface area contributed by atoms with Gasteiger partial charge in [-0.15, -0.1) is 0 Å². The Hall–Kier alpha value is -2.69. The third-order valence-corrected chi connectivity index (χ3v) is 4.49. The molecule has 0 aliphatic heterocycles. The molecule has 5 heteroatoms. The van der Waals surface area contributed by atoms with Crippen molar-refractivity contribution in [3.8, 4) is 0 Å². The monoisotopic (exact) mass is 367 g/mol. The van der Waals surface area contributed by atoms with Gasteiger partial charge in [0.05, 0.1) is 11.1 Å². The lowest BCUT2D eigenvalue weighted by atomic mass is 9.98. The van der Waals surface area contributed by atoms with Crippen molar-refractivity contribution in [1.29, 1.82) is 0 Å². The summed E-state index contributed by atoms with van der Waals surface area (Å²) < 4.78 is 0. The van der Waals surface area contributed by atoms with Crippen molar-refractivity contribution < 1.29 is 9.59 Å². The van der Waals surface area contributed by atoms with Crippen molar-refractivity contribution in [3.05, 3.63) is 58.9 Å². The van der Waals surface area contributed by atoms with Gasteiger partial charge >= 0.3 is 0 Å². The Morgan fingerprint density at radius 2 is 1.78 bits per heavy atom. The fraction of sp³-hybridized carbons (Fsp3) is 0.409. The van der Waals surface area contributed by atoms with E-state index in [2.05, 4.69) is 36.4 Å². The Bertz CT molecular complexity index is 800. The number of rotatable bonds is 8. The average Bonchev–Trinajstić information content (AvgIpc) is 2.66. The minimum Gasteiger partial charge on any atom is -0.352 e. The van der Waals surface area contributed by atoms with E-state index in [-0.39, 0.29) is 11.8 Å². The van der Waals surface area contributed by atoms with Crippen LogP contribution in [0.1, 0.15) is 77.8 Å². The highest BCUT2D eigenvalue weighted by molar-refractivity contribution is 6.06. The zero-order valence-electron chi connectivity index (χ0n) is 16.6. The van der Waals surface area contributed by atoms with Crippen LogP contribution in [0.3, 0.4) is 0 Å². The van der Waals surface area contributed by atoms with Crippen molar-refractivity contribution >= 4 is 17.5 Å². The number of nitrogens with zero attached hydrogens (tertiary/aromatic N) is 1. The number of hydrogen-bond donors (Lipinski definition) is 2. The van der Waals surface area contributed by atoms with Gasteiger partial charge in [0.15, 0.2) is 0 Å². The maximum Gasteiger partial charge on any atom is 0.257 e. The second-order valence-corrected chi connectivity index (χ2v) is 7.07. The van der Waals surface area contributed by atoms with Crippen molar-refractivity contribution in [2.24, 2.45) is 0 Å². The molecule has 1 heterocycles. The minimum absolute atomic E-state index is 0.202. The molecule has 144 valence electrons. The second-order valence-electron chi connectivity index (χ2n) is 7.07. The van der Waals surface area contributed by atoms with Crippen LogP contribution in [-0.2, 0) is 0 Å². The van der Waals surface area contributed by atoms with Gasteiger partial charge in [-0.2, -0.15) is 0 Å². The van der Waals surface area contributed by atoms with Crippen LogP contribution in [0.4, 0.5) is 5.69 Å². The smallest absolute Gasteiger partial charge is 0.257 e. The summed E-state index contributed by atoms with van der Waals surface area (Å²) in [5, 5.41) is 5.86. The molecule has 0 fully saturated rings. The van der Waals surface area contributed by atoms with Crippen LogP contribution in [0, 0.1) is 6.92 Å². The molecule has 0 saturated heterocycles. The first-order valence-electron chi connectivity index (χ1n) is 9.58. The molecule has 0 spiro atoms. The molecule has 0 radical (unpaired) electrons. The molecule has 0 atom stereocenters. The summed E-state index contributed by atoms with van der Waals surface area (Å²) in [5.74, 6) is -0.176. The number of aryl methyl sites for hydroxylation is 1. The molecule has 2 aromatic rings. The van der Waals surface area contributed by atoms with E-state index in [4.69, 9.17) is 0 Å². The maximum absolute atomic E-state index is 12.7. The highest BCUT2D eigenvalue weighted by atomic mass is 16.2. The van der Waals surface area contributed by atoms with Gasteiger partial charge in [0.25, 0.3) is 11.8 Å². The van der Waals surface area contributed by atoms with Crippen molar-refractivity contribution in [3.63, 3.8) is 0 Å². The van der Waals surface area contributed by atoms with Crippen LogP contribution in [0.25, 0.3) is 0 Å². The number of benzene rings is 1. The van der Waals surface area contributed by atoms with Crippen LogP contribution in [-0.4, -0.2) is 23.3 Å². The molecule has 0 aliphatic carbocycles. The second kappa shape index (κ2) is 9.86. The van der Waals surface area contributed by atoms with Gasteiger partial charge in [-0.25, -0.2) is 0 Å².